The third kappa shape index (κ3) is 5.42. The minimum atomic E-state index is -1.06. The number of esters is 1. The molecule has 1 unspecified atom stereocenters. The number of Topliss-reactive ketones (excluding diaryl/α,β-unsaturated/α-hetero) is 1. The monoisotopic (exact) mass is 298 g/mol. The zero-order valence-corrected chi connectivity index (χ0v) is 14.3. The van der Waals surface area contributed by atoms with E-state index in [1.165, 1.54) is 0 Å². The van der Waals surface area contributed by atoms with Crippen molar-refractivity contribution < 1.29 is 19.4 Å². The molecule has 4 heteroatoms. The Morgan fingerprint density at radius 2 is 1.67 bits per heavy atom. The maximum Gasteiger partial charge on any atom is 0.306 e. The highest BCUT2D eigenvalue weighted by Crippen LogP contribution is 2.48. The van der Waals surface area contributed by atoms with Crippen LogP contribution in [0.25, 0.3) is 0 Å². The van der Waals surface area contributed by atoms with Crippen LogP contribution in [-0.2, 0) is 14.3 Å². The van der Waals surface area contributed by atoms with Gasteiger partial charge in [-0.15, -0.1) is 0 Å². The SMILES string of the molecule is CC(C)(C)CC(=O)C(O)C1(CC(=O)OC(C)(C)C)CCC1. The second-order valence-corrected chi connectivity index (χ2v) is 8.59. The Hall–Kier alpha value is -0.900. The van der Waals surface area contributed by atoms with Crippen molar-refractivity contribution in [3.05, 3.63) is 0 Å². The molecule has 0 saturated heterocycles. The standard InChI is InChI=1S/C17H30O4/c1-15(2,3)10-12(18)14(20)17(8-7-9-17)11-13(19)21-16(4,5)6/h14,20H,7-11H2,1-6H3. The van der Waals surface area contributed by atoms with Gasteiger partial charge in [0, 0.05) is 11.8 Å². The van der Waals surface area contributed by atoms with Crippen LogP contribution in [-0.4, -0.2) is 28.6 Å². The van der Waals surface area contributed by atoms with Gasteiger partial charge >= 0.3 is 5.97 Å². The van der Waals surface area contributed by atoms with E-state index in [9.17, 15) is 14.7 Å². The van der Waals surface area contributed by atoms with Gasteiger partial charge in [-0.3, -0.25) is 9.59 Å². The summed E-state index contributed by atoms with van der Waals surface area (Å²) in [6.45, 7) is 11.4. The Bertz CT molecular complexity index is 394. The maximum atomic E-state index is 12.3. The van der Waals surface area contributed by atoms with Crippen molar-refractivity contribution in [2.45, 2.75) is 85.4 Å². The fourth-order valence-electron chi connectivity index (χ4n) is 2.80. The van der Waals surface area contributed by atoms with Crippen LogP contribution in [0.2, 0.25) is 0 Å². The molecule has 0 radical (unpaired) electrons. The van der Waals surface area contributed by atoms with Crippen molar-refractivity contribution in [1.29, 1.82) is 0 Å². The lowest BCUT2D eigenvalue weighted by Crippen LogP contribution is -2.48. The molecule has 1 rings (SSSR count). The molecule has 0 aromatic heterocycles. The lowest BCUT2D eigenvalue weighted by Gasteiger charge is -2.45. The minimum absolute atomic E-state index is 0.126. The summed E-state index contributed by atoms with van der Waals surface area (Å²) in [5.41, 5.74) is -1.30. The Morgan fingerprint density at radius 3 is 2.00 bits per heavy atom. The first-order valence-electron chi connectivity index (χ1n) is 7.77. The van der Waals surface area contributed by atoms with Crippen molar-refractivity contribution in [2.24, 2.45) is 10.8 Å². The van der Waals surface area contributed by atoms with E-state index in [0.717, 1.165) is 6.42 Å². The van der Waals surface area contributed by atoms with E-state index in [1.54, 1.807) is 0 Å². The molecule has 0 heterocycles. The number of carbonyl (C=O) groups is 2. The molecule has 0 aromatic rings. The van der Waals surface area contributed by atoms with Gasteiger partial charge in [-0.1, -0.05) is 27.2 Å². The molecule has 1 aliphatic rings. The van der Waals surface area contributed by atoms with Crippen molar-refractivity contribution in [3.63, 3.8) is 0 Å². The molecule has 1 saturated carbocycles. The fourth-order valence-corrected chi connectivity index (χ4v) is 2.80. The molecule has 0 amide bonds. The number of hydrogen-bond donors (Lipinski definition) is 1. The summed E-state index contributed by atoms with van der Waals surface area (Å²) in [7, 11) is 0. The van der Waals surface area contributed by atoms with E-state index in [-0.39, 0.29) is 23.6 Å². The van der Waals surface area contributed by atoms with Gasteiger partial charge < -0.3 is 9.84 Å². The minimum Gasteiger partial charge on any atom is -0.460 e. The van der Waals surface area contributed by atoms with Crippen molar-refractivity contribution in [2.75, 3.05) is 0 Å². The number of hydrogen-bond acceptors (Lipinski definition) is 4. The Labute approximate surface area is 128 Å². The number of ketones is 1. The summed E-state index contributed by atoms with van der Waals surface area (Å²) in [5.74, 6) is -0.490. The Kier molecular flexibility index (Phi) is 5.25. The molecular formula is C17H30O4. The highest BCUT2D eigenvalue weighted by molar-refractivity contribution is 5.85. The van der Waals surface area contributed by atoms with Crippen LogP contribution in [0.3, 0.4) is 0 Å². The van der Waals surface area contributed by atoms with Gasteiger partial charge in [-0.05, 0) is 39.0 Å². The lowest BCUT2D eigenvalue weighted by atomic mass is 9.61. The van der Waals surface area contributed by atoms with Crippen LogP contribution < -0.4 is 0 Å². The molecular weight excluding hydrogens is 268 g/mol. The molecule has 122 valence electrons. The average Bonchev–Trinajstić information content (AvgIpc) is 2.17. The van der Waals surface area contributed by atoms with Crippen LogP contribution in [0.5, 0.6) is 0 Å². The van der Waals surface area contributed by atoms with Crippen molar-refractivity contribution >= 4 is 11.8 Å². The van der Waals surface area contributed by atoms with E-state index in [4.69, 9.17) is 4.74 Å². The number of rotatable bonds is 5. The zero-order chi connectivity index (χ0) is 16.5. The summed E-state index contributed by atoms with van der Waals surface area (Å²) in [6.07, 6.45) is 1.76. The third-order valence-corrected chi connectivity index (χ3v) is 3.86. The zero-order valence-electron chi connectivity index (χ0n) is 14.3. The summed E-state index contributed by atoms with van der Waals surface area (Å²) >= 11 is 0. The van der Waals surface area contributed by atoms with Gasteiger partial charge in [0.15, 0.2) is 5.78 Å². The number of aliphatic hydroxyl groups is 1. The molecule has 0 bridgehead atoms. The van der Waals surface area contributed by atoms with Gasteiger partial charge in [0.2, 0.25) is 0 Å². The van der Waals surface area contributed by atoms with Gasteiger partial charge in [0.05, 0.1) is 6.42 Å². The van der Waals surface area contributed by atoms with Gasteiger partial charge in [-0.2, -0.15) is 0 Å². The number of aliphatic hydroxyl groups excluding tert-OH is 1. The predicted octanol–water partition coefficient (Wildman–Crippen LogP) is 3.25. The summed E-state index contributed by atoms with van der Waals surface area (Å²) in [6, 6.07) is 0. The summed E-state index contributed by atoms with van der Waals surface area (Å²) in [4.78, 5) is 24.3. The van der Waals surface area contributed by atoms with Crippen LogP contribution in [0.1, 0.15) is 73.6 Å². The molecule has 0 aliphatic heterocycles. The molecule has 1 aliphatic carbocycles. The molecule has 1 atom stereocenters. The van der Waals surface area contributed by atoms with E-state index < -0.39 is 17.1 Å². The predicted molar refractivity (Wildman–Crippen MR) is 81.8 cm³/mol. The van der Waals surface area contributed by atoms with Gasteiger partial charge in [-0.25, -0.2) is 0 Å². The molecule has 0 spiro atoms. The highest BCUT2D eigenvalue weighted by Gasteiger charge is 2.48. The normalized spacial score (nSPS) is 19.6. The first-order valence-corrected chi connectivity index (χ1v) is 7.77. The maximum absolute atomic E-state index is 12.3. The third-order valence-electron chi connectivity index (χ3n) is 3.86. The smallest absolute Gasteiger partial charge is 0.306 e. The summed E-state index contributed by atoms with van der Waals surface area (Å²) < 4.78 is 5.34. The first kappa shape index (κ1) is 18.1. The number of carbonyl (C=O) groups excluding carboxylic acids is 2. The summed E-state index contributed by atoms with van der Waals surface area (Å²) in [5, 5.41) is 10.4. The molecule has 21 heavy (non-hydrogen) atoms. The lowest BCUT2D eigenvalue weighted by molar-refractivity contribution is -0.165. The first-order chi connectivity index (χ1) is 9.35. The molecule has 4 nitrogen and oxygen atoms in total. The second-order valence-electron chi connectivity index (χ2n) is 8.59. The largest absolute Gasteiger partial charge is 0.460 e. The Balaban J connectivity index is 2.71. The van der Waals surface area contributed by atoms with Crippen LogP contribution >= 0.6 is 0 Å². The van der Waals surface area contributed by atoms with Gasteiger partial charge in [0.25, 0.3) is 0 Å². The van der Waals surface area contributed by atoms with E-state index >= 15 is 0 Å². The highest BCUT2D eigenvalue weighted by atomic mass is 16.6. The van der Waals surface area contributed by atoms with Gasteiger partial charge in [0.1, 0.15) is 11.7 Å². The average molecular weight is 298 g/mol. The van der Waals surface area contributed by atoms with Crippen LogP contribution in [0.15, 0.2) is 0 Å². The van der Waals surface area contributed by atoms with E-state index in [0.29, 0.717) is 19.3 Å². The van der Waals surface area contributed by atoms with E-state index in [1.807, 2.05) is 41.5 Å². The van der Waals surface area contributed by atoms with Crippen molar-refractivity contribution in [1.82, 2.24) is 0 Å². The molecule has 1 N–H and O–H groups in total. The Morgan fingerprint density at radius 1 is 1.14 bits per heavy atom. The van der Waals surface area contributed by atoms with Crippen LogP contribution in [0, 0.1) is 10.8 Å². The van der Waals surface area contributed by atoms with Crippen LogP contribution in [0.4, 0.5) is 0 Å². The second kappa shape index (κ2) is 6.07. The quantitative estimate of drug-likeness (QED) is 0.791. The molecule has 1 fully saturated rings. The van der Waals surface area contributed by atoms with Crippen molar-refractivity contribution in [3.8, 4) is 0 Å². The molecule has 0 aromatic carbocycles. The topological polar surface area (TPSA) is 63.6 Å². The van der Waals surface area contributed by atoms with E-state index in [2.05, 4.69) is 0 Å². The fraction of sp³-hybridized carbons (Fsp3) is 0.882. The number of ether oxygens (including phenoxy) is 1.